The van der Waals surface area contributed by atoms with Crippen LogP contribution >= 0.6 is 0 Å². The van der Waals surface area contributed by atoms with E-state index in [2.05, 4.69) is 18.7 Å². The zero-order valence-electron chi connectivity index (χ0n) is 19.0. The largest absolute Gasteiger partial charge is 0.372 e. The molecule has 2 aromatic rings. The van der Waals surface area contributed by atoms with Crippen LogP contribution in [0, 0.1) is 0 Å². The zero-order valence-corrected chi connectivity index (χ0v) is 19.0. The fourth-order valence-corrected chi connectivity index (χ4v) is 3.37. The van der Waals surface area contributed by atoms with Crippen molar-refractivity contribution in [2.45, 2.75) is 40.2 Å². The molecule has 0 aromatic heterocycles. The molecular formula is C25H35N3O2. The molecule has 2 rings (SSSR count). The summed E-state index contributed by atoms with van der Waals surface area (Å²) in [6.45, 7) is 9.48. The molecule has 0 aliphatic heterocycles. The van der Waals surface area contributed by atoms with Crippen LogP contribution in [0.2, 0.25) is 0 Å². The van der Waals surface area contributed by atoms with Gasteiger partial charge in [0.05, 0.1) is 0 Å². The Labute approximate surface area is 181 Å². The van der Waals surface area contributed by atoms with Crippen LogP contribution < -0.4 is 4.90 Å². The molecule has 2 aromatic carbocycles. The lowest BCUT2D eigenvalue weighted by Gasteiger charge is -2.24. The minimum absolute atomic E-state index is 0.0223. The van der Waals surface area contributed by atoms with E-state index in [0.717, 1.165) is 30.8 Å². The lowest BCUT2D eigenvalue weighted by molar-refractivity contribution is 0.0751. The molecule has 0 aliphatic rings. The SMILES string of the molecule is CCCCN(CC)c1ccc(C(=O)N(CC)Cc2ccc(C(=O)N(C)C)cc2)cc1. The molecule has 5 heteroatoms. The van der Waals surface area contributed by atoms with Crippen molar-refractivity contribution < 1.29 is 9.59 Å². The highest BCUT2D eigenvalue weighted by Crippen LogP contribution is 2.18. The molecule has 0 N–H and O–H groups in total. The van der Waals surface area contributed by atoms with E-state index in [1.54, 1.807) is 19.0 Å². The van der Waals surface area contributed by atoms with Crippen LogP contribution in [0.5, 0.6) is 0 Å². The average Bonchev–Trinajstić information content (AvgIpc) is 2.77. The summed E-state index contributed by atoms with van der Waals surface area (Å²) in [5, 5.41) is 0. The molecule has 0 spiro atoms. The second-order valence-electron chi connectivity index (χ2n) is 7.70. The Morgan fingerprint density at radius 2 is 1.33 bits per heavy atom. The van der Waals surface area contributed by atoms with E-state index < -0.39 is 0 Å². The van der Waals surface area contributed by atoms with Gasteiger partial charge in [-0.15, -0.1) is 0 Å². The Morgan fingerprint density at radius 3 is 1.83 bits per heavy atom. The summed E-state index contributed by atoms with van der Waals surface area (Å²) in [5.74, 6) is -0.000718. The van der Waals surface area contributed by atoms with E-state index in [1.807, 2.05) is 60.4 Å². The van der Waals surface area contributed by atoms with Crippen LogP contribution in [0.25, 0.3) is 0 Å². The predicted octanol–water partition coefficient (Wildman–Crippen LogP) is 4.68. The molecule has 0 fully saturated rings. The van der Waals surface area contributed by atoms with Crippen molar-refractivity contribution in [2.75, 3.05) is 38.6 Å². The van der Waals surface area contributed by atoms with E-state index in [4.69, 9.17) is 0 Å². The quantitative estimate of drug-likeness (QED) is 0.572. The number of unbranched alkanes of at least 4 members (excludes halogenated alkanes) is 1. The van der Waals surface area contributed by atoms with Crippen LogP contribution in [0.15, 0.2) is 48.5 Å². The molecule has 162 valence electrons. The van der Waals surface area contributed by atoms with E-state index in [-0.39, 0.29) is 11.8 Å². The van der Waals surface area contributed by atoms with Gasteiger partial charge in [0.15, 0.2) is 0 Å². The first-order chi connectivity index (χ1) is 14.4. The number of rotatable bonds is 10. The van der Waals surface area contributed by atoms with Gasteiger partial charge in [0.2, 0.25) is 0 Å². The standard InChI is InChI=1S/C25H35N3O2/c1-6-9-18-27(7-2)23-16-14-22(15-17-23)25(30)28(8-3)19-20-10-12-21(13-11-20)24(29)26(4)5/h10-17H,6-9,18-19H2,1-5H3. The van der Waals surface area contributed by atoms with Gasteiger partial charge in [-0.2, -0.15) is 0 Å². The van der Waals surface area contributed by atoms with E-state index >= 15 is 0 Å². The van der Waals surface area contributed by atoms with Gasteiger partial charge in [-0.3, -0.25) is 9.59 Å². The van der Waals surface area contributed by atoms with Gasteiger partial charge in [-0.25, -0.2) is 0 Å². The lowest BCUT2D eigenvalue weighted by Crippen LogP contribution is -2.30. The Hall–Kier alpha value is -2.82. The molecule has 0 radical (unpaired) electrons. The zero-order chi connectivity index (χ0) is 22.1. The van der Waals surface area contributed by atoms with Crippen molar-refractivity contribution in [2.24, 2.45) is 0 Å². The summed E-state index contributed by atoms with van der Waals surface area (Å²) < 4.78 is 0. The highest BCUT2D eigenvalue weighted by atomic mass is 16.2. The molecule has 0 aliphatic carbocycles. The summed E-state index contributed by atoms with van der Waals surface area (Å²) in [7, 11) is 3.48. The summed E-state index contributed by atoms with van der Waals surface area (Å²) in [6, 6.07) is 15.4. The molecule has 0 bridgehead atoms. The topological polar surface area (TPSA) is 43.9 Å². The molecule has 0 saturated carbocycles. The van der Waals surface area contributed by atoms with Crippen molar-refractivity contribution in [3.63, 3.8) is 0 Å². The van der Waals surface area contributed by atoms with Gasteiger partial charge in [-0.1, -0.05) is 25.5 Å². The van der Waals surface area contributed by atoms with Gasteiger partial charge < -0.3 is 14.7 Å². The smallest absolute Gasteiger partial charge is 0.254 e. The summed E-state index contributed by atoms with van der Waals surface area (Å²) in [6.07, 6.45) is 2.33. The van der Waals surface area contributed by atoms with Crippen LogP contribution in [-0.2, 0) is 6.54 Å². The number of carbonyl (C=O) groups excluding carboxylic acids is 2. The van der Waals surface area contributed by atoms with Crippen LogP contribution in [0.1, 0.15) is 59.9 Å². The maximum absolute atomic E-state index is 13.0. The van der Waals surface area contributed by atoms with Crippen molar-refractivity contribution in [3.05, 3.63) is 65.2 Å². The molecule has 0 saturated heterocycles. The second-order valence-corrected chi connectivity index (χ2v) is 7.70. The van der Waals surface area contributed by atoms with Crippen molar-refractivity contribution >= 4 is 17.5 Å². The Morgan fingerprint density at radius 1 is 0.767 bits per heavy atom. The van der Waals surface area contributed by atoms with Gasteiger partial charge in [0.25, 0.3) is 11.8 Å². The fraction of sp³-hybridized carbons (Fsp3) is 0.440. The van der Waals surface area contributed by atoms with Crippen LogP contribution in [0.4, 0.5) is 5.69 Å². The van der Waals surface area contributed by atoms with Crippen molar-refractivity contribution in [1.29, 1.82) is 0 Å². The molecule has 5 nitrogen and oxygen atoms in total. The first-order valence-corrected chi connectivity index (χ1v) is 10.9. The highest BCUT2D eigenvalue weighted by molar-refractivity contribution is 5.95. The van der Waals surface area contributed by atoms with E-state index in [0.29, 0.717) is 24.2 Å². The third-order valence-electron chi connectivity index (χ3n) is 5.29. The minimum Gasteiger partial charge on any atom is -0.372 e. The summed E-state index contributed by atoms with van der Waals surface area (Å²) in [4.78, 5) is 30.8. The number of carbonyl (C=O) groups is 2. The maximum Gasteiger partial charge on any atom is 0.254 e. The first-order valence-electron chi connectivity index (χ1n) is 10.9. The fourth-order valence-electron chi connectivity index (χ4n) is 3.37. The van der Waals surface area contributed by atoms with Gasteiger partial charge in [-0.05, 0) is 62.2 Å². The molecule has 0 unspecified atom stereocenters. The van der Waals surface area contributed by atoms with Gasteiger partial charge in [0.1, 0.15) is 0 Å². The van der Waals surface area contributed by atoms with E-state index in [1.165, 1.54) is 6.42 Å². The Balaban J connectivity index is 2.07. The molecule has 2 amide bonds. The maximum atomic E-state index is 13.0. The third-order valence-corrected chi connectivity index (χ3v) is 5.29. The summed E-state index contributed by atoms with van der Waals surface area (Å²) in [5.41, 5.74) is 3.52. The predicted molar refractivity (Wildman–Crippen MR) is 124 cm³/mol. The van der Waals surface area contributed by atoms with Crippen LogP contribution in [-0.4, -0.2) is 55.3 Å². The number of anilines is 1. The first kappa shape index (κ1) is 23.5. The Bertz CT molecular complexity index is 813. The second kappa shape index (κ2) is 11.4. The summed E-state index contributed by atoms with van der Waals surface area (Å²) >= 11 is 0. The van der Waals surface area contributed by atoms with Crippen molar-refractivity contribution in [1.82, 2.24) is 9.80 Å². The lowest BCUT2D eigenvalue weighted by atomic mass is 10.1. The van der Waals surface area contributed by atoms with E-state index in [9.17, 15) is 9.59 Å². The van der Waals surface area contributed by atoms with Crippen molar-refractivity contribution in [3.8, 4) is 0 Å². The average molecular weight is 410 g/mol. The Kier molecular flexibility index (Phi) is 8.90. The monoisotopic (exact) mass is 409 g/mol. The van der Waals surface area contributed by atoms with Gasteiger partial charge in [0, 0.05) is 57.1 Å². The normalized spacial score (nSPS) is 10.6. The number of benzene rings is 2. The number of hydrogen-bond donors (Lipinski definition) is 0. The number of nitrogens with zero attached hydrogens (tertiary/aromatic N) is 3. The molecule has 30 heavy (non-hydrogen) atoms. The van der Waals surface area contributed by atoms with Gasteiger partial charge >= 0.3 is 0 Å². The third kappa shape index (κ3) is 6.09. The number of amides is 2. The number of hydrogen-bond acceptors (Lipinski definition) is 3. The molecule has 0 atom stereocenters. The molecular weight excluding hydrogens is 374 g/mol. The minimum atomic E-state index is -0.0230. The highest BCUT2D eigenvalue weighted by Gasteiger charge is 2.16. The van der Waals surface area contributed by atoms with Crippen LogP contribution in [0.3, 0.4) is 0 Å². The molecule has 0 heterocycles.